The zero-order chi connectivity index (χ0) is 31.1. The van der Waals surface area contributed by atoms with Crippen LogP contribution in [0.4, 0.5) is 0 Å². The van der Waals surface area contributed by atoms with E-state index >= 15 is 0 Å². The van der Waals surface area contributed by atoms with Gasteiger partial charge in [-0.15, -0.1) is 0 Å². The smallest absolute Gasteiger partial charge is 0.335 e. The van der Waals surface area contributed by atoms with Crippen molar-refractivity contribution in [2.45, 2.75) is 39.4 Å². The number of aryl methyl sites for hydroxylation is 1. The monoisotopic (exact) mass is 614 g/mol. The molecule has 44 heavy (non-hydrogen) atoms. The third-order valence-electron chi connectivity index (χ3n) is 7.86. The quantitative estimate of drug-likeness (QED) is 0.180. The van der Waals surface area contributed by atoms with Gasteiger partial charge in [0.25, 0.3) is 0 Å². The summed E-state index contributed by atoms with van der Waals surface area (Å²) in [6, 6.07) is 12.0. The van der Waals surface area contributed by atoms with E-state index in [4.69, 9.17) is 26.7 Å². The summed E-state index contributed by atoms with van der Waals surface area (Å²) in [5, 5.41) is 30.7. The van der Waals surface area contributed by atoms with Crippen molar-refractivity contribution in [3.05, 3.63) is 88.9 Å². The molecule has 2 aromatic heterocycles. The van der Waals surface area contributed by atoms with E-state index in [1.807, 2.05) is 12.5 Å². The molecule has 0 saturated carbocycles. The molecule has 0 amide bonds. The van der Waals surface area contributed by atoms with E-state index in [0.717, 1.165) is 61.6 Å². The first-order chi connectivity index (χ1) is 21.3. The lowest BCUT2D eigenvalue weighted by Crippen LogP contribution is -2.36. The largest absolute Gasteiger partial charge is 0.486 e. The molecule has 228 valence electrons. The van der Waals surface area contributed by atoms with Crippen LogP contribution < -0.4 is 10.1 Å². The van der Waals surface area contributed by atoms with Crippen LogP contribution in [-0.2, 0) is 19.6 Å². The van der Waals surface area contributed by atoms with Gasteiger partial charge in [-0.3, -0.25) is 4.90 Å². The molecular weight excluding hydrogens is 580 g/mol. The summed E-state index contributed by atoms with van der Waals surface area (Å²) in [6.07, 6.45) is 9.17. The minimum atomic E-state index is -0.956. The third kappa shape index (κ3) is 7.45. The Hall–Kier alpha value is -4.66. The number of fused-ring (bicyclic) bond motifs is 1. The van der Waals surface area contributed by atoms with E-state index in [0.29, 0.717) is 35.3 Å². The lowest BCUT2D eigenvalue weighted by Gasteiger charge is -2.31. The second kappa shape index (κ2) is 14.2. The molecule has 3 N–H and O–H groups in total. The fourth-order valence-corrected chi connectivity index (χ4v) is 5.56. The summed E-state index contributed by atoms with van der Waals surface area (Å²) in [5.41, 5.74) is 3.51. The molecule has 3 heterocycles. The highest BCUT2D eigenvalue weighted by Gasteiger charge is 2.22. The van der Waals surface area contributed by atoms with E-state index in [-0.39, 0.29) is 17.9 Å². The highest BCUT2D eigenvalue weighted by Crippen LogP contribution is 2.24. The number of carbonyl (C=O) groups is 1. The SMILES string of the molecule is CCn1cncc1Cn1c(CN2CCC(CN/C=C\C(=N)COc3ccc(Cl)cc3C#N)CC2)nc2ccc(C(=O)O)cc21. The Balaban J connectivity index is 1.14. The summed E-state index contributed by atoms with van der Waals surface area (Å²) in [5.74, 6) is 0.863. The second-order valence-electron chi connectivity index (χ2n) is 10.8. The lowest BCUT2D eigenvalue weighted by molar-refractivity contribution is 0.0697. The normalized spacial score (nSPS) is 14.2. The number of nitrogens with zero attached hydrogens (tertiary/aromatic N) is 6. The fourth-order valence-electron chi connectivity index (χ4n) is 5.39. The fraction of sp³-hybridized carbons (Fsp3) is 0.344. The molecule has 0 unspecified atom stereocenters. The van der Waals surface area contributed by atoms with Gasteiger partial charge in [0, 0.05) is 24.3 Å². The van der Waals surface area contributed by atoms with Crippen molar-refractivity contribution in [1.29, 1.82) is 10.7 Å². The molecule has 1 aliphatic rings. The van der Waals surface area contributed by atoms with Crippen LogP contribution in [-0.4, -0.2) is 67.0 Å². The number of carboxylic acids is 1. The Bertz CT molecular complexity index is 1710. The topological polar surface area (TPSA) is 145 Å². The summed E-state index contributed by atoms with van der Waals surface area (Å²) >= 11 is 5.93. The standard InChI is InChI=1S/C32H35ClN8O3/c1-2-40-21-37-17-27(40)18-41-29-14-23(32(42)43)3-5-28(29)38-31(41)19-39-11-8-22(9-12-39)16-36-10-7-26(35)20-44-30-6-4-25(33)13-24(30)15-34/h3-7,10,13-14,17,21-22,35-36H,2,8-9,11-12,16,18-20H2,1H3,(H,42,43)/b10-7-,35-26?. The van der Waals surface area contributed by atoms with Crippen LogP contribution in [0.5, 0.6) is 5.75 Å². The average molecular weight is 615 g/mol. The molecule has 0 aliphatic carbocycles. The number of ether oxygens (including phenoxy) is 1. The number of nitrogens with one attached hydrogen (secondary N) is 2. The highest BCUT2D eigenvalue weighted by molar-refractivity contribution is 6.30. The van der Waals surface area contributed by atoms with Crippen LogP contribution >= 0.6 is 11.6 Å². The van der Waals surface area contributed by atoms with Crippen molar-refractivity contribution in [1.82, 2.24) is 29.3 Å². The molecule has 1 aliphatic heterocycles. The van der Waals surface area contributed by atoms with Gasteiger partial charge in [0.2, 0.25) is 0 Å². The molecule has 1 saturated heterocycles. The Morgan fingerprint density at radius 1 is 1.25 bits per heavy atom. The van der Waals surface area contributed by atoms with Gasteiger partial charge in [-0.2, -0.15) is 5.26 Å². The number of carboxylic acid groups (broad SMARTS) is 1. The van der Waals surface area contributed by atoms with Crippen molar-refractivity contribution in [2.75, 3.05) is 26.2 Å². The summed E-state index contributed by atoms with van der Waals surface area (Å²) in [6.45, 7) is 6.84. The molecule has 0 radical (unpaired) electrons. The number of aromatic nitrogens is 4. The number of rotatable bonds is 13. The molecule has 12 heteroatoms. The molecular formula is C32H35ClN8O3. The summed E-state index contributed by atoms with van der Waals surface area (Å²) < 4.78 is 9.82. The highest BCUT2D eigenvalue weighted by atomic mass is 35.5. The molecule has 5 rings (SSSR count). The number of halogens is 1. The first-order valence-electron chi connectivity index (χ1n) is 14.6. The van der Waals surface area contributed by atoms with Crippen LogP contribution in [0.15, 0.2) is 61.2 Å². The molecule has 4 aromatic rings. The molecule has 0 atom stereocenters. The summed E-state index contributed by atoms with van der Waals surface area (Å²) in [7, 11) is 0. The third-order valence-corrected chi connectivity index (χ3v) is 8.09. The maximum atomic E-state index is 11.7. The molecule has 0 bridgehead atoms. The Morgan fingerprint density at radius 2 is 2.07 bits per heavy atom. The van der Waals surface area contributed by atoms with Gasteiger partial charge in [-0.25, -0.2) is 14.8 Å². The number of aromatic carboxylic acids is 1. The van der Waals surface area contributed by atoms with Crippen LogP contribution in [0.1, 0.15) is 47.2 Å². The van der Waals surface area contributed by atoms with Crippen molar-refractivity contribution < 1.29 is 14.6 Å². The summed E-state index contributed by atoms with van der Waals surface area (Å²) in [4.78, 5) is 23.3. The number of benzene rings is 2. The van der Waals surface area contributed by atoms with Crippen LogP contribution in [0.25, 0.3) is 11.0 Å². The van der Waals surface area contributed by atoms with Crippen molar-refractivity contribution >= 4 is 34.3 Å². The van der Waals surface area contributed by atoms with Crippen LogP contribution in [0.3, 0.4) is 0 Å². The first-order valence-corrected chi connectivity index (χ1v) is 15.0. The average Bonchev–Trinajstić information content (AvgIpc) is 3.62. The Kier molecular flexibility index (Phi) is 9.94. The van der Waals surface area contributed by atoms with Gasteiger partial charge >= 0.3 is 5.97 Å². The number of nitriles is 1. The number of imidazole rings is 2. The Labute approximate surface area is 260 Å². The van der Waals surface area contributed by atoms with E-state index in [1.54, 1.807) is 48.7 Å². The predicted octanol–water partition coefficient (Wildman–Crippen LogP) is 4.94. The first kappa shape index (κ1) is 30.8. The van der Waals surface area contributed by atoms with Gasteiger partial charge in [0.15, 0.2) is 0 Å². The molecule has 2 aromatic carbocycles. The number of piperidine rings is 1. The van der Waals surface area contributed by atoms with Gasteiger partial charge in [-0.1, -0.05) is 11.6 Å². The second-order valence-corrected chi connectivity index (χ2v) is 11.3. The van der Waals surface area contributed by atoms with E-state index in [2.05, 4.69) is 37.3 Å². The lowest BCUT2D eigenvalue weighted by atomic mass is 9.97. The van der Waals surface area contributed by atoms with Crippen molar-refractivity contribution in [3.63, 3.8) is 0 Å². The van der Waals surface area contributed by atoms with Crippen LogP contribution in [0, 0.1) is 22.7 Å². The minimum absolute atomic E-state index is 0.0516. The number of likely N-dealkylation sites (tertiary alicyclic amines) is 1. The maximum Gasteiger partial charge on any atom is 0.335 e. The zero-order valence-corrected chi connectivity index (χ0v) is 25.3. The van der Waals surface area contributed by atoms with Gasteiger partial charge in [0.1, 0.15) is 24.3 Å². The minimum Gasteiger partial charge on any atom is -0.486 e. The van der Waals surface area contributed by atoms with Gasteiger partial charge in [0.05, 0.1) is 53.0 Å². The van der Waals surface area contributed by atoms with E-state index in [1.165, 1.54) is 0 Å². The van der Waals surface area contributed by atoms with E-state index < -0.39 is 5.97 Å². The zero-order valence-electron chi connectivity index (χ0n) is 24.5. The van der Waals surface area contributed by atoms with Crippen molar-refractivity contribution in [3.8, 4) is 11.8 Å². The number of hydrogen-bond donors (Lipinski definition) is 3. The van der Waals surface area contributed by atoms with Gasteiger partial charge in [-0.05, 0) is 87.4 Å². The van der Waals surface area contributed by atoms with Crippen molar-refractivity contribution in [2.24, 2.45) is 5.92 Å². The predicted molar refractivity (Wildman–Crippen MR) is 168 cm³/mol. The Morgan fingerprint density at radius 3 is 2.82 bits per heavy atom. The number of hydrogen-bond acceptors (Lipinski definition) is 8. The van der Waals surface area contributed by atoms with Crippen LogP contribution in [0.2, 0.25) is 5.02 Å². The molecule has 11 nitrogen and oxygen atoms in total. The molecule has 0 spiro atoms. The van der Waals surface area contributed by atoms with Gasteiger partial charge < -0.3 is 29.7 Å². The van der Waals surface area contributed by atoms with E-state index in [9.17, 15) is 15.2 Å². The molecule has 1 fully saturated rings. The maximum absolute atomic E-state index is 11.7.